The normalized spacial score (nSPS) is 10.8. The first-order valence-electron chi connectivity index (χ1n) is 11.9. The van der Waals surface area contributed by atoms with Gasteiger partial charge in [0.2, 0.25) is 0 Å². The van der Waals surface area contributed by atoms with Crippen LogP contribution in [0.2, 0.25) is 0 Å². The van der Waals surface area contributed by atoms with Gasteiger partial charge in [0, 0.05) is 11.1 Å². The molecule has 4 rings (SSSR count). The first-order valence-corrected chi connectivity index (χ1v) is 11.9. The maximum absolute atomic E-state index is 12.2. The Kier molecular flexibility index (Phi) is 9.01. The molecule has 0 aliphatic rings. The monoisotopic (exact) mass is 522 g/mol. The summed E-state index contributed by atoms with van der Waals surface area (Å²) in [7, 11) is 3.09. The van der Waals surface area contributed by atoms with Gasteiger partial charge in [-0.1, -0.05) is 12.1 Å². The van der Waals surface area contributed by atoms with Crippen LogP contribution in [0.4, 0.5) is 0 Å². The predicted molar refractivity (Wildman–Crippen MR) is 149 cm³/mol. The zero-order valence-electron chi connectivity index (χ0n) is 21.3. The SMILES string of the molecule is COc1cccc(C(=O)NN=Cc2ccc(Oc3ccc(C=NNC(=O)c4cccc(OC)c4)cc3)cc2)c1. The van der Waals surface area contributed by atoms with E-state index in [1.807, 2.05) is 24.3 Å². The summed E-state index contributed by atoms with van der Waals surface area (Å²) in [5.74, 6) is 1.80. The van der Waals surface area contributed by atoms with Gasteiger partial charge in [0.15, 0.2) is 0 Å². The number of methoxy groups -OCH3 is 2. The van der Waals surface area contributed by atoms with Crippen molar-refractivity contribution < 1.29 is 23.8 Å². The fraction of sp³-hybridized carbons (Fsp3) is 0.0667. The van der Waals surface area contributed by atoms with Crippen molar-refractivity contribution in [3.05, 3.63) is 119 Å². The number of benzene rings is 4. The molecule has 0 atom stereocenters. The third-order valence-corrected chi connectivity index (χ3v) is 5.42. The van der Waals surface area contributed by atoms with Crippen LogP contribution in [0, 0.1) is 0 Å². The Morgan fingerprint density at radius 3 is 1.38 bits per heavy atom. The van der Waals surface area contributed by atoms with E-state index < -0.39 is 0 Å². The van der Waals surface area contributed by atoms with Crippen LogP contribution in [0.3, 0.4) is 0 Å². The Bertz CT molecular complexity index is 1370. The molecule has 0 radical (unpaired) electrons. The summed E-state index contributed by atoms with van der Waals surface area (Å²) in [6.07, 6.45) is 3.09. The maximum Gasteiger partial charge on any atom is 0.271 e. The maximum atomic E-state index is 12.2. The summed E-state index contributed by atoms with van der Waals surface area (Å²) in [6.45, 7) is 0. The minimum atomic E-state index is -0.335. The summed E-state index contributed by atoms with van der Waals surface area (Å²) >= 11 is 0. The first-order chi connectivity index (χ1) is 19.0. The number of carbonyl (C=O) groups is 2. The third kappa shape index (κ3) is 7.77. The van der Waals surface area contributed by atoms with E-state index in [1.54, 1.807) is 99.4 Å². The molecule has 4 aromatic carbocycles. The van der Waals surface area contributed by atoms with Gasteiger partial charge in [-0.15, -0.1) is 0 Å². The number of hydrazone groups is 2. The molecule has 196 valence electrons. The van der Waals surface area contributed by atoms with Crippen LogP contribution in [0.15, 0.2) is 107 Å². The molecule has 0 aliphatic carbocycles. The minimum Gasteiger partial charge on any atom is -0.497 e. The van der Waals surface area contributed by atoms with E-state index in [1.165, 1.54) is 0 Å². The van der Waals surface area contributed by atoms with E-state index in [2.05, 4.69) is 21.1 Å². The van der Waals surface area contributed by atoms with Gasteiger partial charge in [-0.25, -0.2) is 10.9 Å². The van der Waals surface area contributed by atoms with Crippen molar-refractivity contribution in [1.29, 1.82) is 0 Å². The molecule has 0 spiro atoms. The summed E-state index contributed by atoms with van der Waals surface area (Å²) in [5.41, 5.74) is 7.47. The Morgan fingerprint density at radius 2 is 1.00 bits per heavy atom. The molecule has 0 saturated heterocycles. The van der Waals surface area contributed by atoms with Crippen LogP contribution >= 0.6 is 0 Å². The average Bonchev–Trinajstić information content (AvgIpc) is 2.99. The van der Waals surface area contributed by atoms with Gasteiger partial charge < -0.3 is 14.2 Å². The lowest BCUT2D eigenvalue weighted by Gasteiger charge is -2.06. The fourth-order valence-electron chi connectivity index (χ4n) is 3.37. The molecule has 2 N–H and O–H groups in total. The van der Waals surface area contributed by atoms with Gasteiger partial charge in [0.25, 0.3) is 11.8 Å². The molecular formula is C30H26N4O5. The molecular weight excluding hydrogens is 496 g/mol. The van der Waals surface area contributed by atoms with Gasteiger partial charge >= 0.3 is 0 Å². The van der Waals surface area contributed by atoms with Crippen molar-refractivity contribution in [3.8, 4) is 23.0 Å². The zero-order valence-corrected chi connectivity index (χ0v) is 21.3. The Labute approximate surface area is 225 Å². The lowest BCUT2D eigenvalue weighted by atomic mass is 10.2. The number of nitrogens with zero attached hydrogens (tertiary/aromatic N) is 2. The topological polar surface area (TPSA) is 111 Å². The van der Waals surface area contributed by atoms with Gasteiger partial charge in [-0.3, -0.25) is 9.59 Å². The fourth-order valence-corrected chi connectivity index (χ4v) is 3.37. The van der Waals surface area contributed by atoms with E-state index in [4.69, 9.17) is 14.2 Å². The summed E-state index contributed by atoms with van der Waals surface area (Å²) in [6, 6.07) is 28.1. The van der Waals surface area contributed by atoms with E-state index >= 15 is 0 Å². The Morgan fingerprint density at radius 1 is 0.590 bits per heavy atom. The van der Waals surface area contributed by atoms with Crippen molar-refractivity contribution in [2.45, 2.75) is 0 Å². The van der Waals surface area contributed by atoms with Crippen LogP contribution < -0.4 is 25.1 Å². The number of nitrogens with one attached hydrogen (secondary N) is 2. The molecule has 0 aliphatic heterocycles. The number of carbonyl (C=O) groups excluding carboxylic acids is 2. The molecule has 0 fully saturated rings. The standard InChI is InChI=1S/C30H26N4O5/c1-37-27-7-3-5-23(17-27)29(35)33-31-19-21-9-13-25(14-10-21)39-26-15-11-22(12-16-26)20-32-34-30(36)24-6-4-8-28(18-24)38-2/h3-20H,1-2H3,(H,33,35)(H,34,36). The first kappa shape index (κ1) is 26.6. The molecule has 0 aromatic heterocycles. The molecule has 9 heteroatoms. The zero-order chi connectivity index (χ0) is 27.5. The molecule has 0 heterocycles. The number of rotatable bonds is 10. The van der Waals surface area contributed by atoms with E-state index in [0.717, 1.165) is 11.1 Å². The van der Waals surface area contributed by atoms with Crippen LogP contribution in [0.5, 0.6) is 23.0 Å². The van der Waals surface area contributed by atoms with Crippen molar-refractivity contribution in [3.63, 3.8) is 0 Å². The Balaban J connectivity index is 1.26. The predicted octanol–water partition coefficient (Wildman–Crippen LogP) is 5.02. The van der Waals surface area contributed by atoms with Crippen molar-refractivity contribution in [2.75, 3.05) is 14.2 Å². The number of ether oxygens (including phenoxy) is 3. The lowest BCUT2D eigenvalue weighted by molar-refractivity contribution is 0.0947. The average molecular weight is 523 g/mol. The second-order valence-electron chi connectivity index (χ2n) is 8.10. The molecule has 0 bridgehead atoms. The second-order valence-corrected chi connectivity index (χ2v) is 8.10. The van der Waals surface area contributed by atoms with Gasteiger partial charge in [-0.2, -0.15) is 10.2 Å². The number of hydrogen-bond acceptors (Lipinski definition) is 7. The highest BCUT2D eigenvalue weighted by Crippen LogP contribution is 2.21. The van der Waals surface area contributed by atoms with E-state index in [9.17, 15) is 9.59 Å². The molecule has 0 saturated carbocycles. The summed E-state index contributed by atoms with van der Waals surface area (Å²) < 4.78 is 16.1. The van der Waals surface area contributed by atoms with Crippen LogP contribution in [0.25, 0.3) is 0 Å². The van der Waals surface area contributed by atoms with Gasteiger partial charge in [0.1, 0.15) is 23.0 Å². The highest BCUT2D eigenvalue weighted by Gasteiger charge is 2.06. The molecule has 0 unspecified atom stereocenters. The minimum absolute atomic E-state index is 0.335. The van der Waals surface area contributed by atoms with Crippen molar-refractivity contribution in [1.82, 2.24) is 10.9 Å². The summed E-state index contributed by atoms with van der Waals surface area (Å²) in [5, 5.41) is 8.01. The third-order valence-electron chi connectivity index (χ3n) is 5.42. The smallest absolute Gasteiger partial charge is 0.271 e. The molecule has 39 heavy (non-hydrogen) atoms. The Hall–Kier alpha value is -5.44. The van der Waals surface area contributed by atoms with Crippen LogP contribution in [-0.2, 0) is 0 Å². The summed E-state index contributed by atoms with van der Waals surface area (Å²) in [4.78, 5) is 24.4. The van der Waals surface area contributed by atoms with Gasteiger partial charge in [0.05, 0.1) is 26.6 Å². The van der Waals surface area contributed by atoms with Crippen molar-refractivity contribution >= 4 is 24.2 Å². The number of hydrogen-bond donors (Lipinski definition) is 2. The van der Waals surface area contributed by atoms with Crippen LogP contribution in [0.1, 0.15) is 31.8 Å². The lowest BCUT2D eigenvalue weighted by Crippen LogP contribution is -2.17. The van der Waals surface area contributed by atoms with Crippen LogP contribution in [-0.4, -0.2) is 38.5 Å². The number of amides is 2. The van der Waals surface area contributed by atoms with E-state index in [-0.39, 0.29) is 11.8 Å². The largest absolute Gasteiger partial charge is 0.497 e. The second kappa shape index (κ2) is 13.2. The van der Waals surface area contributed by atoms with Crippen molar-refractivity contribution in [2.24, 2.45) is 10.2 Å². The molecule has 4 aromatic rings. The van der Waals surface area contributed by atoms with Gasteiger partial charge in [-0.05, 0) is 96.1 Å². The quantitative estimate of drug-likeness (QED) is 0.224. The van der Waals surface area contributed by atoms with E-state index in [0.29, 0.717) is 34.1 Å². The highest BCUT2D eigenvalue weighted by molar-refractivity contribution is 5.96. The molecule has 9 nitrogen and oxygen atoms in total. The molecule has 2 amide bonds. The highest BCUT2D eigenvalue weighted by atomic mass is 16.5.